The third-order valence-electron chi connectivity index (χ3n) is 3.26. The monoisotopic (exact) mass is 330 g/mol. The summed E-state index contributed by atoms with van der Waals surface area (Å²) in [7, 11) is 0. The minimum Gasteiger partial charge on any atom is -0.395 e. The zero-order valence-corrected chi connectivity index (χ0v) is 12.0. The molecule has 1 aromatic rings. The molecule has 0 radical (unpaired) electrons. The van der Waals surface area contributed by atoms with Gasteiger partial charge in [-0.05, 0) is 37.6 Å². The van der Waals surface area contributed by atoms with Gasteiger partial charge in [-0.1, -0.05) is 15.9 Å². The molecule has 1 aliphatic rings. The van der Waals surface area contributed by atoms with Gasteiger partial charge in [0.1, 0.15) is 5.82 Å². The molecule has 1 aliphatic heterocycles. The lowest BCUT2D eigenvalue weighted by atomic mass is 10.2. The lowest BCUT2D eigenvalue weighted by Crippen LogP contribution is -2.38. The molecule has 0 aromatic heterocycles. The van der Waals surface area contributed by atoms with Crippen molar-refractivity contribution in [1.29, 1.82) is 0 Å². The van der Waals surface area contributed by atoms with Gasteiger partial charge < -0.3 is 10.4 Å². The number of carbonyl (C=O) groups is 1. The van der Waals surface area contributed by atoms with Crippen LogP contribution in [-0.4, -0.2) is 41.7 Å². The second kappa shape index (κ2) is 6.45. The van der Waals surface area contributed by atoms with E-state index in [1.807, 2.05) is 4.90 Å². The molecule has 1 amide bonds. The number of nitrogens with one attached hydrogen (secondary N) is 1. The van der Waals surface area contributed by atoms with Gasteiger partial charge in [0.15, 0.2) is 0 Å². The number of anilines is 1. The van der Waals surface area contributed by atoms with Crippen molar-refractivity contribution in [1.82, 2.24) is 4.90 Å². The highest BCUT2D eigenvalue weighted by Crippen LogP contribution is 2.20. The van der Waals surface area contributed by atoms with Gasteiger partial charge in [0, 0.05) is 10.5 Å². The number of hydrogen-bond acceptors (Lipinski definition) is 3. The van der Waals surface area contributed by atoms with E-state index in [1.54, 1.807) is 6.07 Å². The smallest absolute Gasteiger partial charge is 0.238 e. The van der Waals surface area contributed by atoms with Crippen LogP contribution in [0.3, 0.4) is 0 Å². The van der Waals surface area contributed by atoms with Crippen molar-refractivity contribution in [3.63, 3.8) is 0 Å². The summed E-state index contributed by atoms with van der Waals surface area (Å²) in [5, 5.41) is 11.7. The second-order valence-corrected chi connectivity index (χ2v) is 5.54. The fourth-order valence-electron chi connectivity index (χ4n) is 2.28. The first kappa shape index (κ1) is 14.4. The fourth-order valence-corrected chi connectivity index (χ4v) is 2.61. The summed E-state index contributed by atoms with van der Waals surface area (Å²) < 4.78 is 14.2. The molecule has 1 atom stereocenters. The molecule has 0 aliphatic carbocycles. The molecule has 2 rings (SSSR count). The van der Waals surface area contributed by atoms with E-state index in [4.69, 9.17) is 0 Å². The highest BCUT2D eigenvalue weighted by atomic mass is 79.9. The molecule has 1 aromatic carbocycles. The first-order chi connectivity index (χ1) is 9.10. The topological polar surface area (TPSA) is 52.6 Å². The predicted octanol–water partition coefficient (Wildman–Crippen LogP) is 1.98. The second-order valence-electron chi connectivity index (χ2n) is 4.62. The normalized spacial score (nSPS) is 19.6. The molecule has 1 heterocycles. The zero-order chi connectivity index (χ0) is 13.8. The molecule has 0 saturated carbocycles. The first-order valence-electron chi connectivity index (χ1n) is 6.20. The van der Waals surface area contributed by atoms with Gasteiger partial charge in [-0.15, -0.1) is 0 Å². The average molecular weight is 331 g/mol. The van der Waals surface area contributed by atoms with Gasteiger partial charge in [0.25, 0.3) is 0 Å². The van der Waals surface area contributed by atoms with Crippen LogP contribution in [0.25, 0.3) is 0 Å². The summed E-state index contributed by atoms with van der Waals surface area (Å²) in [6, 6.07) is 4.54. The molecule has 104 valence electrons. The Bertz CT molecular complexity index is 470. The van der Waals surface area contributed by atoms with Gasteiger partial charge in [0.2, 0.25) is 5.91 Å². The number of nitrogens with zero attached hydrogens (tertiary/aromatic N) is 1. The quantitative estimate of drug-likeness (QED) is 0.887. The van der Waals surface area contributed by atoms with E-state index in [2.05, 4.69) is 21.2 Å². The van der Waals surface area contributed by atoms with Crippen LogP contribution in [0.15, 0.2) is 22.7 Å². The van der Waals surface area contributed by atoms with E-state index in [0.717, 1.165) is 19.4 Å². The molecule has 0 bridgehead atoms. The number of carbonyl (C=O) groups excluding carboxylic acids is 1. The number of hydrogen-bond donors (Lipinski definition) is 2. The van der Waals surface area contributed by atoms with Crippen molar-refractivity contribution in [2.75, 3.05) is 25.0 Å². The van der Waals surface area contributed by atoms with Crippen molar-refractivity contribution in [2.24, 2.45) is 0 Å². The van der Waals surface area contributed by atoms with Crippen molar-refractivity contribution in [3.05, 3.63) is 28.5 Å². The Labute approximate surface area is 119 Å². The summed E-state index contributed by atoms with van der Waals surface area (Å²) in [6.45, 7) is 1.03. The first-order valence-corrected chi connectivity index (χ1v) is 6.99. The predicted molar refractivity (Wildman–Crippen MR) is 74.4 cm³/mol. The number of amides is 1. The van der Waals surface area contributed by atoms with Gasteiger partial charge in [-0.25, -0.2) is 4.39 Å². The van der Waals surface area contributed by atoms with Crippen LogP contribution in [0.2, 0.25) is 0 Å². The van der Waals surface area contributed by atoms with Crippen LogP contribution in [0.1, 0.15) is 12.8 Å². The van der Waals surface area contributed by atoms with Crippen LogP contribution in [0, 0.1) is 5.82 Å². The number of aliphatic hydroxyl groups is 1. The standard InChI is InChI=1S/C13H16BrFN2O2/c14-9-3-4-12(11(15)6-9)16-13(19)7-17-5-1-2-10(17)8-18/h3-4,6,10,18H,1-2,5,7-8H2,(H,16,19). The zero-order valence-electron chi connectivity index (χ0n) is 10.4. The third kappa shape index (κ3) is 3.75. The highest BCUT2D eigenvalue weighted by molar-refractivity contribution is 9.10. The third-order valence-corrected chi connectivity index (χ3v) is 3.75. The Balaban J connectivity index is 1.94. The summed E-state index contributed by atoms with van der Waals surface area (Å²) in [5.74, 6) is -0.732. The number of rotatable bonds is 4. The number of benzene rings is 1. The number of halogens is 2. The number of likely N-dealkylation sites (tertiary alicyclic amines) is 1. The van der Waals surface area contributed by atoms with Crippen molar-refractivity contribution < 1.29 is 14.3 Å². The van der Waals surface area contributed by atoms with E-state index in [0.29, 0.717) is 4.47 Å². The Morgan fingerprint density at radius 2 is 2.37 bits per heavy atom. The lowest BCUT2D eigenvalue weighted by Gasteiger charge is -2.21. The maximum atomic E-state index is 13.6. The van der Waals surface area contributed by atoms with Gasteiger partial charge in [-0.2, -0.15) is 0 Å². The molecular formula is C13H16BrFN2O2. The van der Waals surface area contributed by atoms with Gasteiger partial charge >= 0.3 is 0 Å². The molecule has 1 unspecified atom stereocenters. The summed E-state index contributed by atoms with van der Waals surface area (Å²) in [4.78, 5) is 13.8. The minimum atomic E-state index is -0.470. The average Bonchev–Trinajstić information content (AvgIpc) is 2.80. The molecule has 1 saturated heterocycles. The van der Waals surface area contributed by atoms with Crippen molar-refractivity contribution in [3.8, 4) is 0 Å². The Hall–Kier alpha value is -0.980. The van der Waals surface area contributed by atoms with Gasteiger partial charge in [0.05, 0.1) is 18.8 Å². The van der Waals surface area contributed by atoms with Crippen molar-refractivity contribution >= 4 is 27.5 Å². The van der Waals surface area contributed by atoms with Crippen LogP contribution in [0.4, 0.5) is 10.1 Å². The minimum absolute atomic E-state index is 0.0421. The molecule has 6 heteroatoms. The SMILES string of the molecule is O=C(CN1CCCC1CO)Nc1ccc(Br)cc1F. The molecule has 2 N–H and O–H groups in total. The lowest BCUT2D eigenvalue weighted by molar-refractivity contribution is -0.117. The summed E-state index contributed by atoms with van der Waals surface area (Å²) in [6.07, 6.45) is 1.88. The summed E-state index contributed by atoms with van der Waals surface area (Å²) >= 11 is 3.16. The van der Waals surface area contributed by atoms with E-state index in [9.17, 15) is 14.3 Å². The molecule has 19 heavy (non-hydrogen) atoms. The van der Waals surface area contributed by atoms with Crippen LogP contribution < -0.4 is 5.32 Å². The number of aliphatic hydroxyl groups excluding tert-OH is 1. The Morgan fingerprint density at radius 3 is 3.05 bits per heavy atom. The van der Waals surface area contributed by atoms with Crippen LogP contribution in [0.5, 0.6) is 0 Å². The maximum absolute atomic E-state index is 13.6. The maximum Gasteiger partial charge on any atom is 0.238 e. The van der Waals surface area contributed by atoms with E-state index in [1.165, 1.54) is 12.1 Å². The largest absolute Gasteiger partial charge is 0.395 e. The fraction of sp³-hybridized carbons (Fsp3) is 0.462. The van der Waals surface area contributed by atoms with Crippen molar-refractivity contribution in [2.45, 2.75) is 18.9 Å². The Morgan fingerprint density at radius 1 is 1.58 bits per heavy atom. The Kier molecular flexibility index (Phi) is 4.90. The van der Waals surface area contributed by atoms with E-state index >= 15 is 0 Å². The van der Waals surface area contributed by atoms with E-state index < -0.39 is 5.82 Å². The molecular weight excluding hydrogens is 315 g/mol. The van der Waals surface area contributed by atoms with E-state index in [-0.39, 0.29) is 30.8 Å². The van der Waals surface area contributed by atoms with Crippen LogP contribution >= 0.6 is 15.9 Å². The molecule has 1 fully saturated rings. The van der Waals surface area contributed by atoms with Crippen LogP contribution in [-0.2, 0) is 4.79 Å². The molecule has 4 nitrogen and oxygen atoms in total. The van der Waals surface area contributed by atoms with Gasteiger partial charge in [-0.3, -0.25) is 9.69 Å². The molecule has 0 spiro atoms. The highest BCUT2D eigenvalue weighted by Gasteiger charge is 2.25. The summed E-state index contributed by atoms with van der Waals surface area (Å²) in [5.41, 5.74) is 0.174.